The molecule has 0 aromatic carbocycles. The summed E-state index contributed by atoms with van der Waals surface area (Å²) in [4.78, 5) is 26.5. The van der Waals surface area contributed by atoms with Crippen molar-refractivity contribution < 1.29 is 14.7 Å². The number of anilines is 1. The van der Waals surface area contributed by atoms with E-state index in [0.717, 1.165) is 12.0 Å². The fourth-order valence-corrected chi connectivity index (χ4v) is 1.68. The molecule has 0 fully saturated rings. The van der Waals surface area contributed by atoms with E-state index in [0.29, 0.717) is 12.1 Å². The Morgan fingerprint density at radius 1 is 1.42 bits per heavy atom. The van der Waals surface area contributed by atoms with Crippen molar-refractivity contribution in [1.29, 1.82) is 0 Å². The van der Waals surface area contributed by atoms with Gasteiger partial charge in [-0.2, -0.15) is 0 Å². The minimum absolute atomic E-state index is 0.119. The number of carboxylic acids is 1. The Bertz CT molecular complexity index is 449. The molecule has 1 rings (SSSR count). The van der Waals surface area contributed by atoms with E-state index in [9.17, 15) is 9.59 Å². The molecule has 19 heavy (non-hydrogen) atoms. The molecular weight excluding hydrogens is 246 g/mol. The van der Waals surface area contributed by atoms with E-state index in [1.54, 1.807) is 12.3 Å². The molecule has 1 heterocycles. The maximum absolute atomic E-state index is 11.6. The third-order valence-electron chi connectivity index (χ3n) is 2.63. The largest absolute Gasteiger partial charge is 0.481 e. The highest BCUT2D eigenvalue weighted by molar-refractivity contribution is 5.89. The molecule has 1 aromatic heterocycles. The fraction of sp³-hybridized carbons (Fsp3) is 0.462. The SMILES string of the molecule is CCCC(CNC(=O)Nc1cncc(C)c1)C(=O)O. The van der Waals surface area contributed by atoms with Crippen molar-refractivity contribution in [3.63, 3.8) is 0 Å². The van der Waals surface area contributed by atoms with Gasteiger partial charge in [-0.25, -0.2) is 4.79 Å². The first-order chi connectivity index (χ1) is 9.02. The van der Waals surface area contributed by atoms with E-state index in [-0.39, 0.29) is 6.54 Å². The lowest BCUT2D eigenvalue weighted by atomic mass is 10.0. The van der Waals surface area contributed by atoms with Crippen LogP contribution in [0.4, 0.5) is 10.5 Å². The summed E-state index contributed by atoms with van der Waals surface area (Å²) in [7, 11) is 0. The Balaban J connectivity index is 2.45. The van der Waals surface area contributed by atoms with Gasteiger partial charge in [0, 0.05) is 12.7 Å². The molecule has 0 saturated heterocycles. The zero-order valence-corrected chi connectivity index (χ0v) is 11.1. The topological polar surface area (TPSA) is 91.3 Å². The first-order valence-corrected chi connectivity index (χ1v) is 6.22. The van der Waals surface area contributed by atoms with Crippen molar-refractivity contribution in [2.75, 3.05) is 11.9 Å². The van der Waals surface area contributed by atoms with Crippen LogP contribution in [0.2, 0.25) is 0 Å². The molecule has 6 heteroatoms. The smallest absolute Gasteiger partial charge is 0.319 e. The highest BCUT2D eigenvalue weighted by atomic mass is 16.4. The summed E-state index contributed by atoms with van der Waals surface area (Å²) in [5.41, 5.74) is 1.52. The molecule has 0 aliphatic rings. The minimum atomic E-state index is -0.889. The zero-order valence-electron chi connectivity index (χ0n) is 11.1. The summed E-state index contributed by atoms with van der Waals surface area (Å²) in [5.74, 6) is -1.44. The lowest BCUT2D eigenvalue weighted by Crippen LogP contribution is -2.35. The predicted octanol–water partition coefficient (Wildman–Crippen LogP) is 2.01. The van der Waals surface area contributed by atoms with Crippen molar-refractivity contribution in [3.05, 3.63) is 24.0 Å². The van der Waals surface area contributed by atoms with E-state index in [4.69, 9.17) is 5.11 Å². The van der Waals surface area contributed by atoms with Crippen molar-refractivity contribution >= 4 is 17.7 Å². The molecule has 1 aromatic rings. The number of amides is 2. The van der Waals surface area contributed by atoms with Crippen LogP contribution in [0.3, 0.4) is 0 Å². The summed E-state index contributed by atoms with van der Waals surface area (Å²) in [6.45, 7) is 3.90. The van der Waals surface area contributed by atoms with E-state index in [1.165, 1.54) is 6.20 Å². The lowest BCUT2D eigenvalue weighted by molar-refractivity contribution is -0.141. The van der Waals surface area contributed by atoms with E-state index < -0.39 is 17.9 Å². The van der Waals surface area contributed by atoms with Crippen LogP contribution in [-0.4, -0.2) is 28.6 Å². The second-order valence-electron chi connectivity index (χ2n) is 4.41. The molecule has 0 spiro atoms. The minimum Gasteiger partial charge on any atom is -0.481 e. The van der Waals surface area contributed by atoms with Crippen LogP contribution in [0, 0.1) is 12.8 Å². The number of hydrogen-bond acceptors (Lipinski definition) is 3. The summed E-state index contributed by atoms with van der Waals surface area (Å²) >= 11 is 0. The second-order valence-corrected chi connectivity index (χ2v) is 4.41. The fourth-order valence-electron chi connectivity index (χ4n) is 1.68. The van der Waals surface area contributed by atoms with Crippen LogP contribution in [0.25, 0.3) is 0 Å². The number of pyridine rings is 1. The molecular formula is C13H19N3O3. The van der Waals surface area contributed by atoms with Crippen LogP contribution in [0.5, 0.6) is 0 Å². The molecule has 104 valence electrons. The number of nitrogens with one attached hydrogen (secondary N) is 2. The van der Waals surface area contributed by atoms with Gasteiger partial charge in [0.1, 0.15) is 0 Å². The predicted molar refractivity (Wildman–Crippen MR) is 72.0 cm³/mol. The third kappa shape index (κ3) is 5.37. The average Bonchev–Trinajstić information content (AvgIpc) is 2.34. The molecule has 3 N–H and O–H groups in total. The van der Waals surface area contributed by atoms with Crippen molar-refractivity contribution in [2.24, 2.45) is 5.92 Å². The Hall–Kier alpha value is -2.11. The van der Waals surface area contributed by atoms with Crippen LogP contribution in [0.15, 0.2) is 18.5 Å². The normalized spacial score (nSPS) is 11.7. The molecule has 0 aliphatic carbocycles. The van der Waals surface area contributed by atoms with Crippen LogP contribution < -0.4 is 10.6 Å². The number of hydrogen-bond donors (Lipinski definition) is 3. The molecule has 0 aliphatic heterocycles. The van der Waals surface area contributed by atoms with Gasteiger partial charge in [0.25, 0.3) is 0 Å². The molecule has 1 unspecified atom stereocenters. The molecule has 0 bridgehead atoms. The Kier molecular flexibility index (Phi) is 5.78. The number of aliphatic carboxylic acids is 1. The Morgan fingerprint density at radius 2 is 2.16 bits per heavy atom. The van der Waals surface area contributed by atoms with Gasteiger partial charge in [-0.3, -0.25) is 9.78 Å². The first kappa shape index (κ1) is 14.9. The number of aromatic nitrogens is 1. The average molecular weight is 265 g/mol. The van der Waals surface area contributed by atoms with Gasteiger partial charge in [-0.05, 0) is 25.0 Å². The number of carbonyl (C=O) groups excluding carboxylic acids is 1. The number of carbonyl (C=O) groups is 2. The van der Waals surface area contributed by atoms with Gasteiger partial charge in [0.05, 0.1) is 17.8 Å². The van der Waals surface area contributed by atoms with Crippen molar-refractivity contribution in [2.45, 2.75) is 26.7 Å². The standard InChI is InChI=1S/C13H19N3O3/c1-3-4-10(12(17)18)7-15-13(19)16-11-5-9(2)6-14-8-11/h5-6,8,10H,3-4,7H2,1-2H3,(H,17,18)(H2,15,16,19). The number of nitrogens with zero attached hydrogens (tertiary/aromatic N) is 1. The Labute approximate surface area is 112 Å². The van der Waals surface area contributed by atoms with Gasteiger partial charge < -0.3 is 15.7 Å². The molecule has 1 atom stereocenters. The van der Waals surface area contributed by atoms with Gasteiger partial charge in [-0.1, -0.05) is 13.3 Å². The maximum atomic E-state index is 11.6. The molecule has 0 saturated carbocycles. The van der Waals surface area contributed by atoms with Gasteiger partial charge in [0.2, 0.25) is 0 Å². The summed E-state index contributed by atoms with van der Waals surface area (Å²) in [5, 5.41) is 14.1. The highest BCUT2D eigenvalue weighted by Gasteiger charge is 2.17. The number of rotatable bonds is 6. The van der Waals surface area contributed by atoms with E-state index in [1.807, 2.05) is 13.8 Å². The van der Waals surface area contributed by atoms with Gasteiger partial charge in [-0.15, -0.1) is 0 Å². The monoisotopic (exact) mass is 265 g/mol. The van der Waals surface area contributed by atoms with E-state index >= 15 is 0 Å². The maximum Gasteiger partial charge on any atom is 0.319 e. The quantitative estimate of drug-likeness (QED) is 0.733. The summed E-state index contributed by atoms with van der Waals surface area (Å²) < 4.78 is 0. The molecule has 2 amide bonds. The summed E-state index contributed by atoms with van der Waals surface area (Å²) in [6.07, 6.45) is 4.53. The highest BCUT2D eigenvalue weighted by Crippen LogP contribution is 2.08. The first-order valence-electron chi connectivity index (χ1n) is 6.22. The molecule has 6 nitrogen and oxygen atoms in total. The zero-order chi connectivity index (χ0) is 14.3. The molecule has 0 radical (unpaired) electrons. The van der Waals surface area contributed by atoms with Crippen molar-refractivity contribution in [3.8, 4) is 0 Å². The number of urea groups is 1. The van der Waals surface area contributed by atoms with Crippen LogP contribution >= 0.6 is 0 Å². The summed E-state index contributed by atoms with van der Waals surface area (Å²) in [6, 6.07) is 1.36. The Morgan fingerprint density at radius 3 is 2.74 bits per heavy atom. The number of carboxylic acid groups (broad SMARTS) is 1. The van der Waals surface area contributed by atoms with Crippen LogP contribution in [0.1, 0.15) is 25.3 Å². The third-order valence-corrected chi connectivity index (χ3v) is 2.63. The van der Waals surface area contributed by atoms with Crippen molar-refractivity contribution in [1.82, 2.24) is 10.3 Å². The second kappa shape index (κ2) is 7.35. The lowest BCUT2D eigenvalue weighted by Gasteiger charge is -2.13. The number of aryl methyl sites for hydroxylation is 1. The van der Waals surface area contributed by atoms with Gasteiger partial charge >= 0.3 is 12.0 Å². The van der Waals surface area contributed by atoms with Crippen LogP contribution in [-0.2, 0) is 4.79 Å². The van der Waals surface area contributed by atoms with Gasteiger partial charge in [0.15, 0.2) is 0 Å². The van der Waals surface area contributed by atoms with E-state index in [2.05, 4.69) is 15.6 Å².